The minimum atomic E-state index is -0.563. The Hall–Kier alpha value is -2.06. The summed E-state index contributed by atoms with van der Waals surface area (Å²) in [6.45, 7) is 1.86. The molecule has 0 saturated carbocycles. The summed E-state index contributed by atoms with van der Waals surface area (Å²) >= 11 is 1.31. The number of nitrogens with zero attached hydrogens (tertiary/aromatic N) is 1. The third-order valence-electron chi connectivity index (χ3n) is 4.15. The zero-order valence-electron chi connectivity index (χ0n) is 13.6. The molecule has 1 aromatic rings. The molecular formula is C17H19FN2O4S. The van der Waals surface area contributed by atoms with Crippen molar-refractivity contribution in [3.63, 3.8) is 0 Å². The predicted octanol–water partition coefficient (Wildman–Crippen LogP) is 2.34. The minimum Gasteiger partial charge on any atom is -0.442 e. The van der Waals surface area contributed by atoms with Gasteiger partial charge in [0.2, 0.25) is 5.91 Å². The molecule has 3 atom stereocenters. The zero-order chi connectivity index (χ0) is 18.0. The van der Waals surface area contributed by atoms with Gasteiger partial charge in [-0.3, -0.25) is 9.69 Å². The van der Waals surface area contributed by atoms with E-state index in [4.69, 9.17) is 4.74 Å². The Balaban J connectivity index is 1.72. The van der Waals surface area contributed by atoms with E-state index in [-0.39, 0.29) is 24.9 Å². The van der Waals surface area contributed by atoms with Crippen molar-refractivity contribution < 1.29 is 23.8 Å². The van der Waals surface area contributed by atoms with Crippen LogP contribution in [0.1, 0.15) is 24.8 Å². The molecule has 3 rings (SSSR count). The molecule has 2 aliphatic rings. The van der Waals surface area contributed by atoms with E-state index in [1.807, 2.05) is 6.08 Å². The molecule has 2 N–H and O–H groups in total. The Morgan fingerprint density at radius 2 is 2.32 bits per heavy atom. The number of carbonyl (C=O) groups excluding carboxylic acids is 2. The normalized spacial score (nSPS) is 25.8. The maximum Gasteiger partial charge on any atom is 0.414 e. The van der Waals surface area contributed by atoms with E-state index < -0.39 is 23.5 Å². The van der Waals surface area contributed by atoms with Crippen LogP contribution in [-0.2, 0) is 9.53 Å². The highest BCUT2D eigenvalue weighted by Crippen LogP contribution is 2.35. The van der Waals surface area contributed by atoms with Crippen LogP contribution >= 0.6 is 11.8 Å². The number of carbonyl (C=O) groups is 2. The molecule has 2 unspecified atom stereocenters. The standard InChI is InChI=1S/C17H19FN2O4S/c1-10(21)19-8-13-9-20(17(23)24-13)12-2-3-14(15(18)7-12)11-4-5-25-16(22)6-11/h2-5,7,11,13,16,22H,6,8-9H2,1H3,(H,19,21)/t11?,13-,16?/m0/s1. The minimum absolute atomic E-state index is 0.191. The average Bonchev–Trinajstić information content (AvgIpc) is 2.94. The number of thioether (sulfide) groups is 1. The Morgan fingerprint density at radius 3 is 3.00 bits per heavy atom. The zero-order valence-corrected chi connectivity index (χ0v) is 14.5. The number of benzene rings is 1. The molecule has 0 aromatic heterocycles. The summed E-state index contributed by atoms with van der Waals surface area (Å²) in [6, 6.07) is 4.61. The first-order chi connectivity index (χ1) is 11.9. The van der Waals surface area contributed by atoms with Crippen LogP contribution in [0.3, 0.4) is 0 Å². The number of allylic oxidation sites excluding steroid dienone is 1. The number of rotatable bonds is 4. The van der Waals surface area contributed by atoms with E-state index in [1.165, 1.54) is 29.7 Å². The van der Waals surface area contributed by atoms with E-state index in [1.54, 1.807) is 17.5 Å². The van der Waals surface area contributed by atoms with Crippen molar-refractivity contribution in [2.75, 3.05) is 18.0 Å². The number of aliphatic hydroxyl groups is 1. The Kier molecular flexibility index (Phi) is 5.29. The summed E-state index contributed by atoms with van der Waals surface area (Å²) in [5, 5.41) is 14.1. The number of halogens is 1. The van der Waals surface area contributed by atoms with Gasteiger partial charge in [-0.2, -0.15) is 0 Å². The molecule has 2 amide bonds. The SMILES string of the molecule is CC(=O)NC[C@H]1CN(c2ccc(C3C=CSC(O)C3)c(F)c2)C(=O)O1. The first-order valence-corrected chi connectivity index (χ1v) is 8.90. The molecular weight excluding hydrogens is 347 g/mol. The van der Waals surface area contributed by atoms with E-state index in [0.29, 0.717) is 17.7 Å². The number of cyclic esters (lactones) is 1. The van der Waals surface area contributed by atoms with Gasteiger partial charge in [-0.15, -0.1) is 11.8 Å². The van der Waals surface area contributed by atoms with Crippen molar-refractivity contribution in [3.05, 3.63) is 41.1 Å². The van der Waals surface area contributed by atoms with Crippen LogP contribution in [0.25, 0.3) is 0 Å². The molecule has 0 aliphatic carbocycles. The van der Waals surface area contributed by atoms with Crippen LogP contribution in [0.2, 0.25) is 0 Å². The van der Waals surface area contributed by atoms with Crippen molar-refractivity contribution in [3.8, 4) is 0 Å². The van der Waals surface area contributed by atoms with Gasteiger partial charge in [0, 0.05) is 12.8 Å². The molecule has 2 heterocycles. The summed E-state index contributed by atoms with van der Waals surface area (Å²) < 4.78 is 19.7. The topological polar surface area (TPSA) is 78.9 Å². The van der Waals surface area contributed by atoms with Gasteiger partial charge in [-0.05, 0) is 29.5 Å². The van der Waals surface area contributed by atoms with Gasteiger partial charge in [-0.25, -0.2) is 9.18 Å². The number of amides is 2. The molecule has 0 bridgehead atoms. The van der Waals surface area contributed by atoms with Gasteiger partial charge in [0.25, 0.3) is 0 Å². The second-order valence-corrected chi connectivity index (χ2v) is 7.11. The molecule has 8 heteroatoms. The second-order valence-electron chi connectivity index (χ2n) is 6.02. The number of hydrogen-bond acceptors (Lipinski definition) is 5. The van der Waals surface area contributed by atoms with E-state index in [9.17, 15) is 19.1 Å². The third-order valence-corrected chi connectivity index (χ3v) is 4.97. The average molecular weight is 366 g/mol. The molecule has 6 nitrogen and oxygen atoms in total. The molecule has 2 aliphatic heterocycles. The van der Waals surface area contributed by atoms with Gasteiger partial charge in [0.15, 0.2) is 0 Å². The number of anilines is 1. The fourth-order valence-electron chi connectivity index (χ4n) is 2.89. The monoisotopic (exact) mass is 366 g/mol. The lowest BCUT2D eigenvalue weighted by Crippen LogP contribution is -2.33. The smallest absolute Gasteiger partial charge is 0.414 e. The quantitative estimate of drug-likeness (QED) is 0.855. The number of nitrogens with one attached hydrogen (secondary N) is 1. The van der Waals surface area contributed by atoms with E-state index in [0.717, 1.165) is 0 Å². The van der Waals surface area contributed by atoms with Crippen LogP contribution in [0.15, 0.2) is 29.7 Å². The lowest BCUT2D eigenvalue weighted by molar-refractivity contribution is -0.119. The summed E-state index contributed by atoms with van der Waals surface area (Å²) in [6.07, 6.45) is 1.28. The Morgan fingerprint density at radius 1 is 1.52 bits per heavy atom. The van der Waals surface area contributed by atoms with Crippen LogP contribution in [0.4, 0.5) is 14.9 Å². The lowest BCUT2D eigenvalue weighted by Gasteiger charge is -2.22. The van der Waals surface area contributed by atoms with E-state index >= 15 is 0 Å². The molecule has 1 fully saturated rings. The first-order valence-electron chi connectivity index (χ1n) is 7.96. The van der Waals surface area contributed by atoms with Crippen molar-refractivity contribution in [2.24, 2.45) is 0 Å². The second kappa shape index (κ2) is 7.45. The Labute approximate surface area is 149 Å². The number of aliphatic hydroxyl groups excluding tert-OH is 1. The van der Waals surface area contributed by atoms with Crippen molar-refractivity contribution in [1.29, 1.82) is 0 Å². The van der Waals surface area contributed by atoms with Gasteiger partial charge in [0.05, 0.1) is 18.8 Å². The molecule has 1 aromatic carbocycles. The molecule has 0 radical (unpaired) electrons. The summed E-state index contributed by atoms with van der Waals surface area (Å²) in [7, 11) is 0. The summed E-state index contributed by atoms with van der Waals surface area (Å²) in [4.78, 5) is 24.3. The van der Waals surface area contributed by atoms with Crippen molar-refractivity contribution >= 4 is 29.4 Å². The first kappa shape index (κ1) is 17.8. The third kappa shape index (κ3) is 4.13. The number of ether oxygens (including phenoxy) is 1. The summed E-state index contributed by atoms with van der Waals surface area (Å²) in [5.74, 6) is -0.821. The molecule has 25 heavy (non-hydrogen) atoms. The maximum absolute atomic E-state index is 14.5. The molecule has 1 saturated heterocycles. The highest BCUT2D eigenvalue weighted by Gasteiger charge is 2.33. The fraction of sp³-hybridized carbons (Fsp3) is 0.412. The fourth-order valence-corrected chi connectivity index (χ4v) is 3.67. The number of hydrogen-bond donors (Lipinski definition) is 2. The summed E-state index contributed by atoms with van der Waals surface area (Å²) in [5.41, 5.74) is 0.352. The van der Waals surface area contributed by atoms with Crippen LogP contribution < -0.4 is 10.2 Å². The van der Waals surface area contributed by atoms with Gasteiger partial charge >= 0.3 is 6.09 Å². The Bertz CT molecular complexity index is 712. The van der Waals surface area contributed by atoms with Crippen LogP contribution in [0.5, 0.6) is 0 Å². The maximum atomic E-state index is 14.5. The molecule has 0 spiro atoms. The van der Waals surface area contributed by atoms with E-state index in [2.05, 4.69) is 5.32 Å². The van der Waals surface area contributed by atoms with Gasteiger partial charge < -0.3 is 15.2 Å². The van der Waals surface area contributed by atoms with Crippen molar-refractivity contribution in [2.45, 2.75) is 30.8 Å². The molecule has 134 valence electrons. The largest absolute Gasteiger partial charge is 0.442 e. The van der Waals surface area contributed by atoms with Gasteiger partial charge in [-0.1, -0.05) is 12.1 Å². The van der Waals surface area contributed by atoms with Crippen molar-refractivity contribution in [1.82, 2.24) is 5.32 Å². The van der Waals surface area contributed by atoms with Crippen LogP contribution in [-0.4, -0.2) is 41.7 Å². The lowest BCUT2D eigenvalue weighted by atomic mass is 9.95. The predicted molar refractivity (Wildman–Crippen MR) is 92.8 cm³/mol. The highest BCUT2D eigenvalue weighted by molar-refractivity contribution is 8.02. The van der Waals surface area contributed by atoms with Gasteiger partial charge in [0.1, 0.15) is 17.4 Å². The highest BCUT2D eigenvalue weighted by atomic mass is 32.2. The van der Waals surface area contributed by atoms with Crippen LogP contribution in [0, 0.1) is 5.82 Å².